The highest BCUT2D eigenvalue weighted by Gasteiger charge is 2.14. The molecule has 0 aliphatic heterocycles. The number of aromatic amines is 1. The molecule has 0 aliphatic carbocycles. The van der Waals surface area contributed by atoms with E-state index in [9.17, 15) is 0 Å². The predicted octanol–water partition coefficient (Wildman–Crippen LogP) is 2.85. The zero-order valence-electron chi connectivity index (χ0n) is 9.13. The molecule has 0 saturated heterocycles. The lowest BCUT2D eigenvalue weighted by Gasteiger charge is -2.08. The third kappa shape index (κ3) is 2.24. The van der Waals surface area contributed by atoms with Crippen molar-refractivity contribution in [3.63, 3.8) is 0 Å². The van der Waals surface area contributed by atoms with Crippen molar-refractivity contribution in [1.82, 2.24) is 9.97 Å². The number of hydrogen-bond acceptors (Lipinski definition) is 3. The van der Waals surface area contributed by atoms with Gasteiger partial charge in [-0.15, -0.1) is 0 Å². The molecule has 3 N–H and O–H groups in total. The van der Waals surface area contributed by atoms with Gasteiger partial charge in [0.1, 0.15) is 5.75 Å². The first kappa shape index (κ1) is 12.2. The molecule has 0 unspecified atom stereocenters. The summed E-state index contributed by atoms with van der Waals surface area (Å²) < 4.78 is 5.09. The summed E-state index contributed by atoms with van der Waals surface area (Å²) in [7, 11) is 1.54. The molecule has 1 heterocycles. The van der Waals surface area contributed by atoms with Gasteiger partial charge < -0.3 is 15.5 Å². The molecule has 0 spiro atoms. The molecule has 0 amide bonds. The number of imidazole rings is 1. The van der Waals surface area contributed by atoms with Gasteiger partial charge in [-0.1, -0.05) is 23.2 Å². The van der Waals surface area contributed by atoms with Gasteiger partial charge in [-0.05, 0) is 6.07 Å². The van der Waals surface area contributed by atoms with Gasteiger partial charge >= 0.3 is 0 Å². The zero-order chi connectivity index (χ0) is 12.4. The third-order valence-corrected chi connectivity index (χ3v) is 3.03. The molecule has 1 aromatic heterocycles. The predicted molar refractivity (Wildman–Crippen MR) is 68.5 cm³/mol. The molecule has 2 rings (SSSR count). The Kier molecular flexibility index (Phi) is 3.57. The van der Waals surface area contributed by atoms with Crippen LogP contribution in [0, 0.1) is 0 Å². The van der Waals surface area contributed by atoms with Crippen LogP contribution < -0.4 is 10.5 Å². The van der Waals surface area contributed by atoms with Gasteiger partial charge in [0, 0.05) is 18.2 Å². The second kappa shape index (κ2) is 4.96. The van der Waals surface area contributed by atoms with Crippen LogP contribution in [0.2, 0.25) is 10.0 Å². The van der Waals surface area contributed by atoms with Gasteiger partial charge in [-0.25, -0.2) is 4.98 Å². The lowest BCUT2D eigenvalue weighted by atomic mass is 10.1. The van der Waals surface area contributed by atoms with Crippen molar-refractivity contribution < 1.29 is 4.74 Å². The van der Waals surface area contributed by atoms with Crippen LogP contribution in [0.3, 0.4) is 0 Å². The molecule has 1 aromatic carbocycles. The maximum atomic E-state index is 6.17. The van der Waals surface area contributed by atoms with Crippen LogP contribution in [-0.4, -0.2) is 17.1 Å². The molecule has 4 nitrogen and oxygen atoms in total. The first-order valence-electron chi connectivity index (χ1n) is 4.93. The summed E-state index contributed by atoms with van der Waals surface area (Å²) in [6.45, 7) is 0.356. The largest absolute Gasteiger partial charge is 0.495 e. The van der Waals surface area contributed by atoms with Crippen LogP contribution in [-0.2, 0) is 6.54 Å². The average molecular weight is 272 g/mol. The summed E-state index contributed by atoms with van der Waals surface area (Å²) >= 11 is 12.2. The summed E-state index contributed by atoms with van der Waals surface area (Å²) in [6.07, 6.45) is 1.58. The molecular weight excluding hydrogens is 261 g/mol. The minimum absolute atomic E-state index is 0.356. The van der Waals surface area contributed by atoms with Crippen LogP contribution in [0.15, 0.2) is 18.5 Å². The van der Waals surface area contributed by atoms with Crippen molar-refractivity contribution >= 4 is 23.2 Å². The Morgan fingerprint density at radius 1 is 1.35 bits per heavy atom. The first-order chi connectivity index (χ1) is 8.17. The van der Waals surface area contributed by atoms with E-state index in [1.807, 2.05) is 0 Å². The lowest BCUT2D eigenvalue weighted by Crippen LogP contribution is -1.99. The van der Waals surface area contributed by atoms with E-state index >= 15 is 0 Å². The number of rotatable bonds is 3. The molecule has 0 saturated carbocycles. The fourth-order valence-corrected chi connectivity index (χ4v) is 2.06. The molecule has 0 fully saturated rings. The molecule has 6 heteroatoms. The Bertz CT molecular complexity index is 540. The quantitative estimate of drug-likeness (QED) is 0.903. The maximum absolute atomic E-state index is 6.17. The minimum Gasteiger partial charge on any atom is -0.495 e. The molecule has 0 atom stereocenters. The van der Waals surface area contributed by atoms with E-state index in [4.69, 9.17) is 33.7 Å². The van der Waals surface area contributed by atoms with E-state index in [-0.39, 0.29) is 0 Å². The number of benzene rings is 1. The van der Waals surface area contributed by atoms with Crippen LogP contribution in [0.5, 0.6) is 5.75 Å². The van der Waals surface area contributed by atoms with Gasteiger partial charge in [0.15, 0.2) is 0 Å². The van der Waals surface area contributed by atoms with Gasteiger partial charge in [-0.3, -0.25) is 0 Å². The first-order valence-corrected chi connectivity index (χ1v) is 5.68. The van der Waals surface area contributed by atoms with E-state index < -0.39 is 0 Å². The number of hydrogen-bond donors (Lipinski definition) is 2. The van der Waals surface area contributed by atoms with Crippen LogP contribution in [0.25, 0.3) is 11.3 Å². The number of methoxy groups -OCH3 is 1. The van der Waals surface area contributed by atoms with Gasteiger partial charge in [-0.2, -0.15) is 0 Å². The Labute approximate surface area is 109 Å². The van der Waals surface area contributed by atoms with Crippen LogP contribution in [0.4, 0.5) is 0 Å². The van der Waals surface area contributed by atoms with Crippen molar-refractivity contribution in [2.24, 2.45) is 5.73 Å². The highest BCUT2D eigenvalue weighted by atomic mass is 35.5. The number of H-pyrrole nitrogens is 1. The van der Waals surface area contributed by atoms with Crippen molar-refractivity contribution in [1.29, 1.82) is 0 Å². The van der Waals surface area contributed by atoms with Crippen LogP contribution >= 0.6 is 23.2 Å². The van der Waals surface area contributed by atoms with Gasteiger partial charge in [0.05, 0.1) is 34.9 Å². The number of nitrogens with one attached hydrogen (secondary N) is 1. The van der Waals surface area contributed by atoms with E-state index in [2.05, 4.69) is 9.97 Å². The Morgan fingerprint density at radius 2 is 2.12 bits per heavy atom. The highest BCUT2D eigenvalue weighted by molar-refractivity contribution is 6.36. The minimum atomic E-state index is 0.356. The van der Waals surface area contributed by atoms with Crippen LogP contribution in [0.1, 0.15) is 5.69 Å². The summed E-state index contributed by atoms with van der Waals surface area (Å²) in [5.74, 6) is 0.533. The highest BCUT2D eigenvalue weighted by Crippen LogP contribution is 2.36. The summed E-state index contributed by atoms with van der Waals surface area (Å²) in [6, 6.07) is 3.38. The van der Waals surface area contributed by atoms with E-state index in [1.165, 1.54) is 7.11 Å². The van der Waals surface area contributed by atoms with E-state index in [1.54, 1.807) is 18.5 Å². The number of halogens is 2. The fourth-order valence-electron chi connectivity index (χ4n) is 1.58. The second-order valence-corrected chi connectivity index (χ2v) is 4.21. The molecule has 0 bridgehead atoms. The number of ether oxygens (including phenoxy) is 1. The monoisotopic (exact) mass is 271 g/mol. The molecule has 0 radical (unpaired) electrons. The molecule has 90 valence electrons. The lowest BCUT2D eigenvalue weighted by molar-refractivity contribution is 0.415. The Hall–Kier alpha value is -1.23. The van der Waals surface area contributed by atoms with Crippen molar-refractivity contribution in [3.8, 4) is 17.0 Å². The van der Waals surface area contributed by atoms with Crippen molar-refractivity contribution in [2.45, 2.75) is 6.54 Å². The fraction of sp³-hybridized carbons (Fsp3) is 0.182. The average Bonchev–Trinajstić information content (AvgIpc) is 2.79. The number of nitrogens with zero attached hydrogens (tertiary/aromatic N) is 1. The summed E-state index contributed by atoms with van der Waals surface area (Å²) in [5, 5.41) is 1.01. The maximum Gasteiger partial charge on any atom is 0.138 e. The standard InChI is InChI=1S/C11H11Cl2N3O/c1-17-10-3-7(12)6(2-8(10)13)11-9(4-14)15-5-16-11/h2-3,5H,4,14H2,1H3,(H,15,16). The number of nitrogens with two attached hydrogens (primary N) is 1. The summed E-state index contributed by atoms with van der Waals surface area (Å²) in [5.41, 5.74) is 7.86. The van der Waals surface area contributed by atoms with Gasteiger partial charge in [0.25, 0.3) is 0 Å². The topological polar surface area (TPSA) is 63.9 Å². The normalized spacial score (nSPS) is 10.6. The van der Waals surface area contributed by atoms with E-state index in [0.717, 1.165) is 11.3 Å². The van der Waals surface area contributed by atoms with Crippen molar-refractivity contribution in [3.05, 3.63) is 34.2 Å². The Balaban J connectivity index is 2.56. The zero-order valence-corrected chi connectivity index (χ0v) is 10.6. The van der Waals surface area contributed by atoms with E-state index in [0.29, 0.717) is 28.0 Å². The SMILES string of the molecule is COc1cc(Cl)c(-c2nc[nH]c2CN)cc1Cl. The molecule has 2 aromatic rings. The molecule has 0 aliphatic rings. The number of aromatic nitrogens is 2. The third-order valence-electron chi connectivity index (χ3n) is 2.42. The Morgan fingerprint density at radius 3 is 2.76 bits per heavy atom. The summed E-state index contributed by atoms with van der Waals surface area (Å²) in [4.78, 5) is 7.16. The smallest absolute Gasteiger partial charge is 0.138 e. The molecular formula is C11H11Cl2N3O. The molecule has 17 heavy (non-hydrogen) atoms. The second-order valence-electron chi connectivity index (χ2n) is 3.40. The van der Waals surface area contributed by atoms with Crippen molar-refractivity contribution in [2.75, 3.05) is 7.11 Å². The van der Waals surface area contributed by atoms with Gasteiger partial charge in [0.2, 0.25) is 0 Å².